The number of hydrogen-bond donors (Lipinski definition) is 1. The highest BCUT2D eigenvalue weighted by Gasteiger charge is 2.53. The van der Waals surface area contributed by atoms with Gasteiger partial charge in [-0.05, 0) is 23.6 Å². The molecule has 0 aromatic heterocycles. The predicted molar refractivity (Wildman–Crippen MR) is 87.8 cm³/mol. The summed E-state index contributed by atoms with van der Waals surface area (Å²) in [7, 11) is -5.16. The van der Waals surface area contributed by atoms with Crippen molar-refractivity contribution < 1.29 is 26.0 Å². The Morgan fingerprint density at radius 3 is 2.24 bits per heavy atom. The van der Waals surface area contributed by atoms with Crippen molar-refractivity contribution in [3.05, 3.63) is 59.9 Å². The van der Waals surface area contributed by atoms with Crippen molar-refractivity contribution >= 4 is 10.0 Å². The number of halogens is 4. The lowest BCUT2D eigenvalue weighted by molar-refractivity contribution is 0.00256. The third-order valence-corrected chi connectivity index (χ3v) is 5.09. The van der Waals surface area contributed by atoms with Gasteiger partial charge in [0.15, 0.2) is 0 Å². The standard InChI is InChI=1S/C17H17F4NO2S/c1-2-11-22-25(23,24)17(20,21)16(19)13-9-7-12(8-10-13)14-5-3-4-6-15(14)18/h3-10,16,22H,2,11H2,1H3. The summed E-state index contributed by atoms with van der Waals surface area (Å²) in [6.07, 6.45) is -2.75. The molecule has 2 rings (SSSR count). The molecule has 1 N–H and O–H groups in total. The Bertz CT molecular complexity index is 823. The minimum absolute atomic E-state index is 0.211. The Balaban J connectivity index is 2.28. The van der Waals surface area contributed by atoms with Crippen LogP contribution in [0.15, 0.2) is 48.5 Å². The normalized spacial score (nSPS) is 13.6. The van der Waals surface area contributed by atoms with Gasteiger partial charge in [0.05, 0.1) is 0 Å². The van der Waals surface area contributed by atoms with E-state index < -0.39 is 32.8 Å². The minimum Gasteiger partial charge on any atom is -0.234 e. The quantitative estimate of drug-likeness (QED) is 0.728. The lowest BCUT2D eigenvalue weighted by atomic mass is 10.0. The molecule has 0 aliphatic heterocycles. The van der Waals surface area contributed by atoms with Crippen LogP contribution in [0, 0.1) is 5.82 Å². The first kappa shape index (κ1) is 19.4. The molecule has 0 spiro atoms. The molecular formula is C17H17F4NO2S. The van der Waals surface area contributed by atoms with E-state index in [2.05, 4.69) is 0 Å². The van der Waals surface area contributed by atoms with Gasteiger partial charge in [-0.25, -0.2) is 21.9 Å². The van der Waals surface area contributed by atoms with E-state index in [-0.39, 0.29) is 12.1 Å². The van der Waals surface area contributed by atoms with Crippen LogP contribution in [-0.2, 0) is 10.0 Å². The van der Waals surface area contributed by atoms with Gasteiger partial charge in [0, 0.05) is 12.1 Å². The maximum atomic E-state index is 14.2. The molecule has 0 radical (unpaired) electrons. The first-order valence-electron chi connectivity index (χ1n) is 7.56. The van der Waals surface area contributed by atoms with Crippen molar-refractivity contribution in [2.45, 2.75) is 24.8 Å². The summed E-state index contributed by atoms with van der Waals surface area (Å²) in [5, 5.41) is -4.62. The third-order valence-electron chi connectivity index (χ3n) is 3.58. The zero-order chi connectivity index (χ0) is 18.7. The molecule has 136 valence electrons. The smallest absolute Gasteiger partial charge is 0.234 e. The van der Waals surface area contributed by atoms with Crippen LogP contribution in [-0.4, -0.2) is 20.2 Å². The summed E-state index contributed by atoms with van der Waals surface area (Å²) in [6, 6.07) is 10.4. The van der Waals surface area contributed by atoms with E-state index in [0.29, 0.717) is 12.0 Å². The van der Waals surface area contributed by atoms with Gasteiger partial charge in [-0.2, -0.15) is 8.78 Å². The summed E-state index contributed by atoms with van der Waals surface area (Å²) in [6.45, 7) is 1.38. The monoisotopic (exact) mass is 375 g/mol. The van der Waals surface area contributed by atoms with Crippen LogP contribution < -0.4 is 4.72 Å². The van der Waals surface area contributed by atoms with Crippen LogP contribution in [0.2, 0.25) is 0 Å². The Kier molecular flexibility index (Phi) is 5.84. The molecule has 1 unspecified atom stereocenters. The Hall–Kier alpha value is -1.93. The zero-order valence-electron chi connectivity index (χ0n) is 13.3. The van der Waals surface area contributed by atoms with Crippen LogP contribution in [0.5, 0.6) is 0 Å². The Labute approximate surface area is 143 Å². The van der Waals surface area contributed by atoms with E-state index in [1.165, 1.54) is 30.3 Å². The largest absolute Gasteiger partial charge is 0.393 e. The van der Waals surface area contributed by atoms with Crippen molar-refractivity contribution in [1.82, 2.24) is 4.72 Å². The first-order valence-corrected chi connectivity index (χ1v) is 9.05. The number of nitrogens with one attached hydrogen (secondary N) is 1. The second-order valence-electron chi connectivity index (χ2n) is 5.42. The van der Waals surface area contributed by atoms with Crippen molar-refractivity contribution in [3.8, 4) is 11.1 Å². The number of sulfonamides is 1. The van der Waals surface area contributed by atoms with Crippen molar-refractivity contribution in [3.63, 3.8) is 0 Å². The molecule has 0 fully saturated rings. The van der Waals surface area contributed by atoms with Crippen molar-refractivity contribution in [2.24, 2.45) is 0 Å². The van der Waals surface area contributed by atoms with Crippen molar-refractivity contribution in [1.29, 1.82) is 0 Å². The number of alkyl halides is 3. The van der Waals surface area contributed by atoms with Crippen LogP contribution in [0.4, 0.5) is 17.6 Å². The van der Waals surface area contributed by atoms with Crippen molar-refractivity contribution in [2.75, 3.05) is 6.54 Å². The van der Waals surface area contributed by atoms with E-state index >= 15 is 0 Å². The molecule has 0 amide bonds. The molecule has 0 bridgehead atoms. The molecule has 25 heavy (non-hydrogen) atoms. The van der Waals surface area contributed by atoms with Gasteiger partial charge < -0.3 is 0 Å². The van der Waals surface area contributed by atoms with E-state index in [1.807, 2.05) is 0 Å². The highest BCUT2D eigenvalue weighted by Crippen LogP contribution is 2.39. The average Bonchev–Trinajstić information content (AvgIpc) is 2.60. The molecule has 3 nitrogen and oxygen atoms in total. The van der Waals surface area contributed by atoms with Gasteiger partial charge in [-0.3, -0.25) is 0 Å². The molecular weight excluding hydrogens is 358 g/mol. The summed E-state index contributed by atoms with van der Waals surface area (Å²) < 4.78 is 80.8. The molecule has 0 saturated heterocycles. The van der Waals surface area contributed by atoms with Crippen LogP contribution in [0.1, 0.15) is 25.1 Å². The third kappa shape index (κ3) is 4.01. The summed E-state index contributed by atoms with van der Waals surface area (Å²) in [5.41, 5.74) is 0.0877. The highest BCUT2D eigenvalue weighted by molar-refractivity contribution is 7.90. The first-order chi connectivity index (χ1) is 11.7. The lowest BCUT2D eigenvalue weighted by Gasteiger charge is -2.21. The van der Waals surface area contributed by atoms with Crippen LogP contribution >= 0.6 is 0 Å². The van der Waals surface area contributed by atoms with Gasteiger partial charge in [0.25, 0.3) is 10.0 Å². The summed E-state index contributed by atoms with van der Waals surface area (Å²) in [4.78, 5) is 0. The van der Waals surface area contributed by atoms with Gasteiger partial charge in [-0.15, -0.1) is 0 Å². The van der Waals surface area contributed by atoms with E-state index in [9.17, 15) is 26.0 Å². The molecule has 0 aliphatic carbocycles. The maximum Gasteiger partial charge on any atom is 0.393 e. The molecule has 8 heteroatoms. The fourth-order valence-electron chi connectivity index (χ4n) is 2.19. The number of benzene rings is 2. The molecule has 0 aliphatic rings. The van der Waals surface area contributed by atoms with E-state index in [0.717, 1.165) is 12.1 Å². The summed E-state index contributed by atoms with van der Waals surface area (Å²) in [5.74, 6) is -0.510. The molecule has 0 heterocycles. The summed E-state index contributed by atoms with van der Waals surface area (Å²) >= 11 is 0. The number of hydrogen-bond acceptors (Lipinski definition) is 2. The lowest BCUT2D eigenvalue weighted by Crippen LogP contribution is -2.43. The van der Waals surface area contributed by atoms with Crippen LogP contribution in [0.3, 0.4) is 0 Å². The molecule has 1 atom stereocenters. The van der Waals surface area contributed by atoms with Gasteiger partial charge >= 0.3 is 5.25 Å². The SMILES string of the molecule is CCCNS(=O)(=O)C(F)(F)C(F)c1ccc(-c2ccccc2F)cc1. The second kappa shape index (κ2) is 7.53. The molecule has 0 saturated carbocycles. The fraction of sp³-hybridized carbons (Fsp3) is 0.294. The minimum atomic E-state index is -5.16. The maximum absolute atomic E-state index is 14.2. The molecule has 2 aromatic carbocycles. The predicted octanol–water partition coefficient (Wildman–Crippen LogP) is 4.43. The van der Waals surface area contributed by atoms with Crippen LogP contribution in [0.25, 0.3) is 11.1 Å². The molecule has 2 aromatic rings. The second-order valence-corrected chi connectivity index (χ2v) is 7.26. The Morgan fingerprint density at radius 2 is 1.68 bits per heavy atom. The van der Waals surface area contributed by atoms with Gasteiger partial charge in [0.2, 0.25) is 6.17 Å². The van der Waals surface area contributed by atoms with E-state index in [4.69, 9.17) is 0 Å². The highest BCUT2D eigenvalue weighted by atomic mass is 32.2. The Morgan fingerprint density at radius 1 is 1.08 bits per heavy atom. The van der Waals surface area contributed by atoms with E-state index in [1.54, 1.807) is 17.7 Å². The zero-order valence-corrected chi connectivity index (χ0v) is 14.2. The average molecular weight is 375 g/mol. The van der Waals surface area contributed by atoms with Gasteiger partial charge in [0.1, 0.15) is 5.82 Å². The number of rotatable bonds is 7. The fourth-order valence-corrected chi connectivity index (χ4v) is 3.26. The van der Waals surface area contributed by atoms with Gasteiger partial charge in [-0.1, -0.05) is 49.4 Å². The topological polar surface area (TPSA) is 46.2 Å².